The molecule has 0 radical (unpaired) electrons. The number of amidine groups is 1. The number of rotatable bonds is 7. The monoisotopic (exact) mass is 411 g/mol. The molecule has 0 N–H and O–H groups in total. The Hall–Kier alpha value is -2.47. The summed E-state index contributed by atoms with van der Waals surface area (Å²) in [6, 6.07) is 12.4. The van der Waals surface area contributed by atoms with E-state index in [1.54, 1.807) is 23.2 Å². The molecule has 3 rings (SSSR count). The standard InChI is InChI=1S/C23H26FN3OS/c1-4-5-6-21-22(28)27(15-18-8-11-20(24)12-9-18)23(29-21)26-25-14-19-10-7-16(2)13-17(19)3/h7-14,21H,4-6,15H2,1-3H3/b25-14+,26-23+. The highest BCUT2D eigenvalue weighted by molar-refractivity contribution is 8.15. The zero-order valence-corrected chi connectivity index (χ0v) is 17.9. The Morgan fingerprint density at radius 3 is 2.62 bits per heavy atom. The molecule has 0 aromatic heterocycles. The number of aryl methyl sites for hydroxylation is 2. The number of halogens is 1. The summed E-state index contributed by atoms with van der Waals surface area (Å²) in [4.78, 5) is 14.6. The van der Waals surface area contributed by atoms with Crippen LogP contribution in [-0.2, 0) is 11.3 Å². The van der Waals surface area contributed by atoms with E-state index in [1.165, 1.54) is 29.5 Å². The number of nitrogens with zero attached hydrogens (tertiary/aromatic N) is 3. The second-order valence-electron chi connectivity index (χ2n) is 7.29. The molecular formula is C23H26FN3OS. The van der Waals surface area contributed by atoms with Crippen LogP contribution in [-0.4, -0.2) is 27.4 Å². The fourth-order valence-electron chi connectivity index (χ4n) is 3.19. The Kier molecular flexibility index (Phi) is 7.20. The first-order valence-corrected chi connectivity index (χ1v) is 10.8. The topological polar surface area (TPSA) is 45.0 Å². The van der Waals surface area contributed by atoms with Gasteiger partial charge in [-0.05, 0) is 49.1 Å². The van der Waals surface area contributed by atoms with Crippen molar-refractivity contribution in [1.29, 1.82) is 0 Å². The van der Waals surface area contributed by atoms with Gasteiger partial charge in [-0.3, -0.25) is 9.69 Å². The molecule has 1 atom stereocenters. The maximum atomic E-state index is 13.2. The molecule has 2 aromatic carbocycles. The predicted molar refractivity (Wildman–Crippen MR) is 119 cm³/mol. The first-order valence-electron chi connectivity index (χ1n) is 9.88. The Bertz CT molecular complexity index is 924. The number of thioether (sulfide) groups is 1. The van der Waals surface area contributed by atoms with Crippen LogP contribution in [0.5, 0.6) is 0 Å². The smallest absolute Gasteiger partial charge is 0.242 e. The molecule has 29 heavy (non-hydrogen) atoms. The summed E-state index contributed by atoms with van der Waals surface area (Å²) >= 11 is 1.47. The lowest BCUT2D eigenvalue weighted by Crippen LogP contribution is -2.31. The molecule has 1 fully saturated rings. The molecule has 1 amide bonds. The van der Waals surface area contributed by atoms with Crippen LogP contribution in [0.1, 0.15) is 48.4 Å². The predicted octanol–water partition coefficient (Wildman–Crippen LogP) is 5.47. The van der Waals surface area contributed by atoms with E-state index in [2.05, 4.69) is 30.1 Å². The molecule has 152 valence electrons. The van der Waals surface area contributed by atoms with Crippen LogP contribution in [0.15, 0.2) is 52.7 Å². The van der Waals surface area contributed by atoms with Crippen molar-refractivity contribution in [3.05, 3.63) is 70.5 Å². The Balaban J connectivity index is 1.81. The molecule has 1 aliphatic rings. The van der Waals surface area contributed by atoms with Gasteiger partial charge in [-0.1, -0.05) is 67.4 Å². The zero-order chi connectivity index (χ0) is 20.8. The van der Waals surface area contributed by atoms with E-state index in [1.807, 2.05) is 19.1 Å². The average molecular weight is 412 g/mol. The van der Waals surface area contributed by atoms with E-state index >= 15 is 0 Å². The Labute approximate surface area is 175 Å². The molecule has 6 heteroatoms. The number of unbranched alkanes of at least 4 members (excludes halogenated alkanes) is 1. The van der Waals surface area contributed by atoms with Crippen molar-refractivity contribution in [1.82, 2.24) is 4.90 Å². The van der Waals surface area contributed by atoms with Crippen molar-refractivity contribution < 1.29 is 9.18 Å². The van der Waals surface area contributed by atoms with Crippen molar-refractivity contribution >= 4 is 29.1 Å². The van der Waals surface area contributed by atoms with Crippen LogP contribution in [0.2, 0.25) is 0 Å². The van der Waals surface area contributed by atoms with E-state index < -0.39 is 0 Å². The second-order valence-corrected chi connectivity index (χ2v) is 8.46. The molecule has 2 aromatic rings. The summed E-state index contributed by atoms with van der Waals surface area (Å²) in [6.45, 7) is 6.58. The second kappa shape index (κ2) is 9.83. The number of hydrogen-bond acceptors (Lipinski definition) is 4. The fourth-order valence-corrected chi connectivity index (χ4v) is 4.33. The minimum absolute atomic E-state index is 0.0493. The molecular weight excluding hydrogens is 385 g/mol. The molecule has 0 aliphatic carbocycles. The SMILES string of the molecule is CCCCC1S/C(=N/N=C/c2ccc(C)cc2C)N(Cc2ccc(F)cc2)C1=O. The highest BCUT2D eigenvalue weighted by Crippen LogP contribution is 2.32. The van der Waals surface area contributed by atoms with Crippen molar-refractivity contribution in [2.45, 2.75) is 51.8 Å². The number of carbonyl (C=O) groups is 1. The minimum atomic E-state index is -0.288. The number of carbonyl (C=O) groups excluding carboxylic acids is 1. The first-order chi connectivity index (χ1) is 14.0. The van der Waals surface area contributed by atoms with Crippen LogP contribution in [0.25, 0.3) is 0 Å². The quantitative estimate of drug-likeness (QED) is 0.448. The van der Waals surface area contributed by atoms with Crippen LogP contribution in [0.4, 0.5) is 4.39 Å². The summed E-state index contributed by atoms with van der Waals surface area (Å²) in [5.74, 6) is -0.239. The maximum absolute atomic E-state index is 13.2. The van der Waals surface area contributed by atoms with Gasteiger partial charge in [0.15, 0.2) is 5.17 Å². The largest absolute Gasteiger partial charge is 0.284 e. The first kappa shape index (κ1) is 21.2. The molecule has 1 aliphatic heterocycles. The molecule has 1 saturated heterocycles. The van der Waals surface area contributed by atoms with E-state index in [0.717, 1.165) is 36.0 Å². The molecule has 1 heterocycles. The highest BCUT2D eigenvalue weighted by Gasteiger charge is 2.37. The normalized spacial score (nSPS) is 18.3. The highest BCUT2D eigenvalue weighted by atomic mass is 32.2. The van der Waals surface area contributed by atoms with Gasteiger partial charge in [0.05, 0.1) is 18.0 Å². The van der Waals surface area contributed by atoms with Gasteiger partial charge >= 0.3 is 0 Å². The lowest BCUT2D eigenvalue weighted by atomic mass is 10.1. The van der Waals surface area contributed by atoms with Crippen LogP contribution in [0, 0.1) is 19.7 Å². The van der Waals surface area contributed by atoms with Crippen LogP contribution < -0.4 is 0 Å². The van der Waals surface area contributed by atoms with E-state index in [0.29, 0.717) is 11.7 Å². The van der Waals surface area contributed by atoms with Gasteiger partial charge in [0.2, 0.25) is 5.91 Å². The van der Waals surface area contributed by atoms with Crippen molar-refractivity contribution in [3.8, 4) is 0 Å². The van der Waals surface area contributed by atoms with Crippen molar-refractivity contribution in [2.24, 2.45) is 10.2 Å². The van der Waals surface area contributed by atoms with E-state index in [9.17, 15) is 9.18 Å². The van der Waals surface area contributed by atoms with Crippen molar-refractivity contribution in [3.63, 3.8) is 0 Å². The average Bonchev–Trinajstić information content (AvgIpc) is 2.98. The molecule has 0 spiro atoms. The summed E-state index contributed by atoms with van der Waals surface area (Å²) in [5, 5.41) is 9.09. The molecule has 0 saturated carbocycles. The zero-order valence-electron chi connectivity index (χ0n) is 17.1. The summed E-state index contributed by atoms with van der Waals surface area (Å²) in [7, 11) is 0. The summed E-state index contributed by atoms with van der Waals surface area (Å²) in [5.41, 5.74) is 4.20. The third kappa shape index (κ3) is 5.54. The lowest BCUT2D eigenvalue weighted by Gasteiger charge is -2.16. The number of benzene rings is 2. The minimum Gasteiger partial charge on any atom is -0.284 e. The number of hydrogen-bond donors (Lipinski definition) is 0. The van der Waals surface area contributed by atoms with Gasteiger partial charge in [-0.15, -0.1) is 5.10 Å². The molecule has 0 bridgehead atoms. The van der Waals surface area contributed by atoms with E-state index in [-0.39, 0.29) is 17.0 Å². The van der Waals surface area contributed by atoms with Gasteiger partial charge in [-0.2, -0.15) is 5.10 Å². The summed E-state index contributed by atoms with van der Waals surface area (Å²) < 4.78 is 13.2. The van der Waals surface area contributed by atoms with E-state index in [4.69, 9.17) is 0 Å². The van der Waals surface area contributed by atoms with Gasteiger partial charge in [0.1, 0.15) is 5.82 Å². The van der Waals surface area contributed by atoms with Gasteiger partial charge in [0.25, 0.3) is 0 Å². The lowest BCUT2D eigenvalue weighted by molar-refractivity contribution is -0.126. The van der Waals surface area contributed by atoms with Gasteiger partial charge in [0, 0.05) is 0 Å². The maximum Gasteiger partial charge on any atom is 0.242 e. The molecule has 1 unspecified atom stereocenters. The Morgan fingerprint density at radius 2 is 1.93 bits per heavy atom. The van der Waals surface area contributed by atoms with Crippen LogP contribution in [0.3, 0.4) is 0 Å². The fraction of sp³-hybridized carbons (Fsp3) is 0.348. The summed E-state index contributed by atoms with van der Waals surface area (Å²) in [6.07, 6.45) is 4.58. The Morgan fingerprint density at radius 1 is 1.17 bits per heavy atom. The number of amides is 1. The van der Waals surface area contributed by atoms with Crippen molar-refractivity contribution in [2.75, 3.05) is 0 Å². The third-order valence-corrected chi connectivity index (χ3v) is 6.09. The third-order valence-electron chi connectivity index (χ3n) is 4.86. The van der Waals surface area contributed by atoms with Gasteiger partial charge < -0.3 is 0 Å². The van der Waals surface area contributed by atoms with Crippen LogP contribution >= 0.6 is 11.8 Å². The molecule has 4 nitrogen and oxygen atoms in total. The van der Waals surface area contributed by atoms with Gasteiger partial charge in [-0.25, -0.2) is 4.39 Å².